The van der Waals surface area contributed by atoms with E-state index in [0.29, 0.717) is 10.7 Å². The lowest BCUT2D eigenvalue weighted by atomic mass is 10.1. The summed E-state index contributed by atoms with van der Waals surface area (Å²) in [5.74, 6) is -0.185. The molecular formula is C23H15N3OS2. The number of thiophene rings is 1. The number of amides is 1. The molecule has 0 aliphatic rings. The first kappa shape index (κ1) is 17.7. The Labute approximate surface area is 175 Å². The highest BCUT2D eigenvalue weighted by atomic mass is 32.1. The van der Waals surface area contributed by atoms with Gasteiger partial charge in [0, 0.05) is 11.6 Å². The number of benzene rings is 2. The smallest absolute Gasteiger partial charge is 0.258 e. The molecule has 29 heavy (non-hydrogen) atoms. The number of pyridine rings is 1. The molecule has 2 aromatic carbocycles. The van der Waals surface area contributed by atoms with E-state index in [0.717, 1.165) is 31.9 Å². The second kappa shape index (κ2) is 7.58. The maximum absolute atomic E-state index is 13.1. The number of fused-ring (bicyclic) bond motifs is 1. The van der Waals surface area contributed by atoms with E-state index in [1.54, 1.807) is 17.5 Å². The number of rotatable bonds is 4. The number of carbonyl (C=O) groups excluding carboxylic acids is 1. The van der Waals surface area contributed by atoms with Crippen molar-refractivity contribution in [1.82, 2.24) is 9.97 Å². The molecule has 1 N–H and O–H groups in total. The van der Waals surface area contributed by atoms with Gasteiger partial charge in [0.25, 0.3) is 5.91 Å². The minimum Gasteiger partial charge on any atom is -0.298 e. The van der Waals surface area contributed by atoms with Crippen LogP contribution >= 0.6 is 22.7 Å². The number of hydrogen-bond acceptors (Lipinski definition) is 5. The van der Waals surface area contributed by atoms with Crippen LogP contribution in [-0.4, -0.2) is 15.9 Å². The number of anilines is 1. The maximum atomic E-state index is 13.1. The summed E-state index contributed by atoms with van der Waals surface area (Å²) in [6.07, 6.45) is 1.79. The van der Waals surface area contributed by atoms with Gasteiger partial charge in [-0.15, -0.1) is 11.3 Å². The van der Waals surface area contributed by atoms with Crippen LogP contribution in [0, 0.1) is 0 Å². The van der Waals surface area contributed by atoms with Crippen molar-refractivity contribution in [2.24, 2.45) is 0 Å². The number of nitrogens with zero attached hydrogens (tertiary/aromatic N) is 2. The highest BCUT2D eigenvalue weighted by molar-refractivity contribution is 7.19. The second-order valence-electron chi connectivity index (χ2n) is 6.40. The predicted molar refractivity (Wildman–Crippen MR) is 121 cm³/mol. The van der Waals surface area contributed by atoms with Gasteiger partial charge in [0.15, 0.2) is 5.13 Å². The molecule has 5 rings (SSSR count). The van der Waals surface area contributed by atoms with E-state index in [-0.39, 0.29) is 5.91 Å². The van der Waals surface area contributed by atoms with Crippen molar-refractivity contribution < 1.29 is 4.79 Å². The van der Waals surface area contributed by atoms with Crippen LogP contribution in [0.15, 0.2) is 84.4 Å². The van der Waals surface area contributed by atoms with Crippen molar-refractivity contribution in [3.8, 4) is 21.0 Å². The Hall–Kier alpha value is -3.35. The van der Waals surface area contributed by atoms with Gasteiger partial charge in [-0.1, -0.05) is 65.9 Å². The molecule has 140 valence electrons. The average molecular weight is 414 g/mol. The highest BCUT2D eigenvalue weighted by Gasteiger charge is 2.16. The van der Waals surface area contributed by atoms with Gasteiger partial charge in [0.05, 0.1) is 26.5 Å². The Morgan fingerprint density at radius 1 is 0.897 bits per heavy atom. The van der Waals surface area contributed by atoms with Gasteiger partial charge in [-0.2, -0.15) is 0 Å². The first-order valence-electron chi connectivity index (χ1n) is 9.04. The number of para-hydroxylation sites is 1. The number of carbonyl (C=O) groups is 1. The normalized spacial score (nSPS) is 10.9. The zero-order valence-electron chi connectivity index (χ0n) is 15.2. The summed E-state index contributed by atoms with van der Waals surface area (Å²) in [6, 6.07) is 23.6. The number of thiazole rings is 1. The number of hydrogen-bond donors (Lipinski definition) is 1. The van der Waals surface area contributed by atoms with Gasteiger partial charge < -0.3 is 0 Å². The quantitative estimate of drug-likeness (QED) is 0.374. The van der Waals surface area contributed by atoms with E-state index in [1.807, 2.05) is 78.2 Å². The number of aromatic nitrogens is 2. The van der Waals surface area contributed by atoms with E-state index in [2.05, 4.69) is 10.3 Å². The molecule has 0 aliphatic carbocycles. The van der Waals surface area contributed by atoms with Gasteiger partial charge in [-0.25, -0.2) is 9.97 Å². The molecular weight excluding hydrogens is 398 g/mol. The standard InChI is InChI=1S/C23H15N3OS2/c27-22(26-23-24-14-21(29-23)15-7-2-1-3-8-15)17-13-19(20-11-6-12-28-20)25-18-10-5-4-9-16(17)18/h1-14H,(H,24,26,27). The van der Waals surface area contributed by atoms with Gasteiger partial charge in [-0.05, 0) is 29.1 Å². The van der Waals surface area contributed by atoms with Crippen molar-refractivity contribution in [2.45, 2.75) is 0 Å². The minimum absolute atomic E-state index is 0.185. The SMILES string of the molecule is O=C(Nc1ncc(-c2ccccc2)s1)c1cc(-c2cccs2)nc2ccccc12. The van der Waals surface area contributed by atoms with Crippen LogP contribution < -0.4 is 5.32 Å². The van der Waals surface area contributed by atoms with Crippen LogP contribution in [-0.2, 0) is 0 Å². The molecule has 0 atom stereocenters. The first-order valence-corrected chi connectivity index (χ1v) is 10.7. The molecule has 0 bridgehead atoms. The zero-order valence-corrected chi connectivity index (χ0v) is 16.8. The molecule has 0 aliphatic heterocycles. The van der Waals surface area contributed by atoms with Crippen LogP contribution in [0.25, 0.3) is 31.9 Å². The van der Waals surface area contributed by atoms with Gasteiger partial charge in [-0.3, -0.25) is 10.1 Å². The topological polar surface area (TPSA) is 54.9 Å². The van der Waals surface area contributed by atoms with E-state index in [9.17, 15) is 4.79 Å². The fourth-order valence-corrected chi connectivity index (χ4v) is 4.65. The van der Waals surface area contributed by atoms with Crippen LogP contribution in [0.3, 0.4) is 0 Å². The third-order valence-electron chi connectivity index (χ3n) is 4.52. The van der Waals surface area contributed by atoms with Crippen LogP contribution in [0.5, 0.6) is 0 Å². The van der Waals surface area contributed by atoms with Crippen molar-refractivity contribution in [3.05, 3.63) is 89.9 Å². The molecule has 3 heterocycles. The lowest BCUT2D eigenvalue weighted by molar-refractivity contribution is 0.102. The molecule has 4 nitrogen and oxygen atoms in total. The molecule has 3 aromatic heterocycles. The van der Waals surface area contributed by atoms with Gasteiger partial charge >= 0.3 is 0 Å². The Morgan fingerprint density at radius 2 is 1.72 bits per heavy atom. The van der Waals surface area contributed by atoms with Crippen LogP contribution in [0.2, 0.25) is 0 Å². The third-order valence-corrected chi connectivity index (χ3v) is 6.37. The lowest BCUT2D eigenvalue weighted by Gasteiger charge is -2.08. The molecule has 5 aromatic rings. The summed E-state index contributed by atoms with van der Waals surface area (Å²) in [5.41, 5.74) is 3.27. The van der Waals surface area contributed by atoms with E-state index >= 15 is 0 Å². The minimum atomic E-state index is -0.185. The molecule has 0 fully saturated rings. The molecule has 0 radical (unpaired) electrons. The average Bonchev–Trinajstić information content (AvgIpc) is 3.46. The molecule has 0 spiro atoms. The Kier molecular flexibility index (Phi) is 4.63. The first-order chi connectivity index (χ1) is 14.3. The lowest BCUT2D eigenvalue weighted by Crippen LogP contribution is -2.12. The molecule has 6 heteroatoms. The molecule has 0 saturated heterocycles. The fourth-order valence-electron chi connectivity index (χ4n) is 3.15. The maximum Gasteiger partial charge on any atom is 0.258 e. The Bertz CT molecular complexity index is 1290. The second-order valence-corrected chi connectivity index (χ2v) is 8.38. The monoisotopic (exact) mass is 413 g/mol. The largest absolute Gasteiger partial charge is 0.298 e. The number of nitrogens with one attached hydrogen (secondary N) is 1. The summed E-state index contributed by atoms with van der Waals surface area (Å²) in [4.78, 5) is 24.3. The van der Waals surface area contributed by atoms with Crippen LogP contribution in [0.1, 0.15) is 10.4 Å². The Balaban J connectivity index is 1.50. The van der Waals surface area contributed by atoms with Crippen molar-refractivity contribution in [1.29, 1.82) is 0 Å². The molecule has 0 unspecified atom stereocenters. The summed E-state index contributed by atoms with van der Waals surface area (Å²) < 4.78 is 0. The molecule has 0 saturated carbocycles. The third kappa shape index (κ3) is 3.55. The summed E-state index contributed by atoms with van der Waals surface area (Å²) >= 11 is 3.07. The zero-order chi connectivity index (χ0) is 19.6. The van der Waals surface area contributed by atoms with E-state index in [1.165, 1.54) is 11.3 Å². The van der Waals surface area contributed by atoms with Crippen LogP contribution in [0.4, 0.5) is 5.13 Å². The highest BCUT2D eigenvalue weighted by Crippen LogP contribution is 2.31. The van der Waals surface area contributed by atoms with Crippen molar-refractivity contribution in [3.63, 3.8) is 0 Å². The van der Waals surface area contributed by atoms with Crippen molar-refractivity contribution >= 4 is 44.6 Å². The summed E-state index contributed by atoms with van der Waals surface area (Å²) in [5, 5.41) is 6.36. The summed E-state index contributed by atoms with van der Waals surface area (Å²) in [6.45, 7) is 0. The predicted octanol–water partition coefficient (Wildman–Crippen LogP) is 6.34. The molecule has 1 amide bonds. The van der Waals surface area contributed by atoms with E-state index < -0.39 is 0 Å². The Morgan fingerprint density at radius 3 is 2.55 bits per heavy atom. The summed E-state index contributed by atoms with van der Waals surface area (Å²) in [7, 11) is 0. The van der Waals surface area contributed by atoms with E-state index in [4.69, 9.17) is 4.98 Å². The van der Waals surface area contributed by atoms with Gasteiger partial charge in [0.1, 0.15) is 0 Å². The van der Waals surface area contributed by atoms with Crippen molar-refractivity contribution in [2.75, 3.05) is 5.32 Å². The van der Waals surface area contributed by atoms with Gasteiger partial charge in [0.2, 0.25) is 0 Å². The fraction of sp³-hybridized carbons (Fsp3) is 0.